The summed E-state index contributed by atoms with van der Waals surface area (Å²) in [6.07, 6.45) is 1.61. The van der Waals surface area contributed by atoms with Gasteiger partial charge in [0.25, 0.3) is 11.9 Å². The highest BCUT2D eigenvalue weighted by Crippen LogP contribution is 2.50. The van der Waals surface area contributed by atoms with Gasteiger partial charge in [-0.2, -0.15) is 0 Å². The molecule has 2 aromatic rings. The second-order valence-corrected chi connectivity index (χ2v) is 7.69. The van der Waals surface area contributed by atoms with Gasteiger partial charge >= 0.3 is 0 Å². The lowest BCUT2D eigenvalue weighted by Crippen LogP contribution is -2.54. The Hall–Kier alpha value is -2.90. The third-order valence-corrected chi connectivity index (χ3v) is 5.96. The maximum Gasteiger partial charge on any atom is 0.256 e. The predicted octanol–water partition coefficient (Wildman–Crippen LogP) is 3.47. The Labute approximate surface area is 172 Å². The molecule has 2 N–H and O–H groups in total. The molecule has 0 radical (unpaired) electrons. The van der Waals surface area contributed by atoms with Gasteiger partial charge in [0.15, 0.2) is 5.54 Å². The molecule has 0 unspecified atom stereocenters. The zero-order valence-electron chi connectivity index (χ0n) is 15.7. The van der Waals surface area contributed by atoms with Gasteiger partial charge in [-0.1, -0.05) is 48.5 Å². The molecule has 2 aliphatic heterocycles. The van der Waals surface area contributed by atoms with Crippen molar-refractivity contribution in [2.75, 3.05) is 11.9 Å². The van der Waals surface area contributed by atoms with Crippen LogP contribution in [0.1, 0.15) is 24.0 Å². The molecule has 0 aliphatic carbocycles. The topological polar surface area (TPSA) is 93.5 Å². The van der Waals surface area contributed by atoms with E-state index in [-0.39, 0.29) is 11.0 Å². The molecule has 2 aromatic carbocycles. The normalized spacial score (nSPS) is 27.5. The number of rotatable bonds is 5. The van der Waals surface area contributed by atoms with Crippen molar-refractivity contribution in [1.82, 2.24) is 5.32 Å². The standard InChI is InChI=1S/C21H20ClN3O4/c1-3-10-29-17-9-8-13(11-15(17)22)18-12(2)24-21(19(18)25(27)28)14-6-4-5-7-16(14)23-20(21)26/h3-9,11-12,18-19,24H,1,10H2,2H3,(H,23,26)/t12-,18-,19+,21-/m0/s1. The molecule has 150 valence electrons. The van der Waals surface area contributed by atoms with E-state index < -0.39 is 23.4 Å². The van der Waals surface area contributed by atoms with Crippen LogP contribution in [0, 0.1) is 10.1 Å². The Balaban J connectivity index is 1.80. The smallest absolute Gasteiger partial charge is 0.256 e. The Morgan fingerprint density at radius 3 is 2.79 bits per heavy atom. The van der Waals surface area contributed by atoms with E-state index in [1.807, 2.05) is 6.92 Å². The monoisotopic (exact) mass is 413 g/mol. The van der Waals surface area contributed by atoms with E-state index in [9.17, 15) is 14.9 Å². The van der Waals surface area contributed by atoms with Gasteiger partial charge < -0.3 is 10.1 Å². The summed E-state index contributed by atoms with van der Waals surface area (Å²) in [7, 11) is 0. The van der Waals surface area contributed by atoms with Gasteiger partial charge in [0.1, 0.15) is 12.4 Å². The lowest BCUT2D eigenvalue weighted by atomic mass is 9.78. The summed E-state index contributed by atoms with van der Waals surface area (Å²) >= 11 is 6.35. The first-order chi connectivity index (χ1) is 13.9. The van der Waals surface area contributed by atoms with E-state index in [0.717, 1.165) is 0 Å². The van der Waals surface area contributed by atoms with Gasteiger partial charge in [-0.25, -0.2) is 0 Å². The fraction of sp³-hybridized carbons (Fsp3) is 0.286. The van der Waals surface area contributed by atoms with Crippen LogP contribution >= 0.6 is 11.6 Å². The number of anilines is 1. The summed E-state index contributed by atoms with van der Waals surface area (Å²) in [5, 5.41) is 18.6. The minimum absolute atomic E-state index is 0.304. The lowest BCUT2D eigenvalue weighted by molar-refractivity contribution is -0.532. The van der Waals surface area contributed by atoms with Crippen LogP contribution in [0.2, 0.25) is 5.02 Å². The summed E-state index contributed by atoms with van der Waals surface area (Å²) in [4.78, 5) is 24.9. The number of nitro groups is 1. The van der Waals surface area contributed by atoms with Crippen molar-refractivity contribution < 1.29 is 14.5 Å². The second-order valence-electron chi connectivity index (χ2n) is 7.29. The third kappa shape index (κ3) is 2.89. The van der Waals surface area contributed by atoms with E-state index >= 15 is 0 Å². The molecule has 8 heteroatoms. The Morgan fingerprint density at radius 1 is 1.34 bits per heavy atom. The van der Waals surface area contributed by atoms with Crippen LogP contribution in [-0.4, -0.2) is 29.5 Å². The van der Waals surface area contributed by atoms with Gasteiger partial charge in [0, 0.05) is 22.2 Å². The first-order valence-electron chi connectivity index (χ1n) is 9.25. The van der Waals surface area contributed by atoms with Crippen LogP contribution in [0.15, 0.2) is 55.1 Å². The number of carbonyl (C=O) groups is 1. The third-order valence-electron chi connectivity index (χ3n) is 5.66. The Bertz CT molecular complexity index is 1010. The molecule has 4 atom stereocenters. The molecule has 2 heterocycles. The number of para-hydroxylation sites is 1. The van der Waals surface area contributed by atoms with Crippen molar-refractivity contribution in [3.8, 4) is 5.75 Å². The van der Waals surface area contributed by atoms with E-state index in [1.165, 1.54) is 0 Å². The molecule has 1 fully saturated rings. The van der Waals surface area contributed by atoms with Crippen molar-refractivity contribution in [2.24, 2.45) is 0 Å². The van der Waals surface area contributed by atoms with Gasteiger partial charge in [0.2, 0.25) is 0 Å². The molecular weight excluding hydrogens is 394 g/mol. The quantitative estimate of drug-likeness (QED) is 0.444. The van der Waals surface area contributed by atoms with Crippen LogP contribution in [0.3, 0.4) is 0 Å². The highest BCUT2D eigenvalue weighted by molar-refractivity contribution is 6.32. The number of nitrogens with one attached hydrogen (secondary N) is 2. The van der Waals surface area contributed by atoms with Crippen molar-refractivity contribution in [1.29, 1.82) is 0 Å². The molecule has 2 aliphatic rings. The average molecular weight is 414 g/mol. The summed E-state index contributed by atoms with van der Waals surface area (Å²) in [5.41, 5.74) is 0.431. The summed E-state index contributed by atoms with van der Waals surface area (Å²) in [6.45, 7) is 5.75. The number of ether oxygens (including phenoxy) is 1. The van der Waals surface area contributed by atoms with Gasteiger partial charge in [0.05, 0.1) is 10.9 Å². The first kappa shape index (κ1) is 19.4. The number of carbonyl (C=O) groups excluding carboxylic acids is 1. The fourth-order valence-corrected chi connectivity index (χ4v) is 4.79. The summed E-state index contributed by atoms with van der Waals surface area (Å²) in [5.74, 6) is -0.495. The van der Waals surface area contributed by atoms with Gasteiger partial charge in [-0.05, 0) is 30.7 Å². The maximum atomic E-state index is 13.0. The predicted molar refractivity (Wildman–Crippen MR) is 110 cm³/mol. The molecule has 0 bridgehead atoms. The van der Waals surface area contributed by atoms with Gasteiger partial charge in [-0.15, -0.1) is 0 Å². The highest BCUT2D eigenvalue weighted by Gasteiger charge is 2.67. The maximum absolute atomic E-state index is 13.0. The average Bonchev–Trinajstić information content (AvgIpc) is 3.15. The number of amides is 1. The van der Waals surface area contributed by atoms with Crippen molar-refractivity contribution in [3.63, 3.8) is 0 Å². The van der Waals surface area contributed by atoms with Crippen molar-refractivity contribution in [2.45, 2.75) is 30.5 Å². The largest absolute Gasteiger partial charge is 0.488 e. The molecular formula is C21H20ClN3O4. The second kappa shape index (κ2) is 7.17. The molecule has 1 spiro atoms. The molecule has 7 nitrogen and oxygen atoms in total. The minimum Gasteiger partial charge on any atom is -0.488 e. The molecule has 1 amide bonds. The van der Waals surface area contributed by atoms with Crippen LogP contribution < -0.4 is 15.4 Å². The number of halogens is 1. The van der Waals surface area contributed by atoms with E-state index in [1.54, 1.807) is 48.5 Å². The number of nitrogens with zero attached hydrogens (tertiary/aromatic N) is 1. The fourth-order valence-electron chi connectivity index (χ4n) is 4.54. The van der Waals surface area contributed by atoms with E-state index in [4.69, 9.17) is 16.3 Å². The Morgan fingerprint density at radius 2 is 2.10 bits per heavy atom. The Kier molecular flexibility index (Phi) is 4.80. The van der Waals surface area contributed by atoms with Crippen LogP contribution in [0.5, 0.6) is 5.75 Å². The van der Waals surface area contributed by atoms with Crippen molar-refractivity contribution in [3.05, 3.63) is 81.4 Å². The van der Waals surface area contributed by atoms with Crippen LogP contribution in [-0.2, 0) is 10.3 Å². The van der Waals surface area contributed by atoms with Crippen LogP contribution in [0.25, 0.3) is 0 Å². The molecule has 4 rings (SSSR count). The van der Waals surface area contributed by atoms with Crippen molar-refractivity contribution >= 4 is 23.2 Å². The summed E-state index contributed by atoms with van der Waals surface area (Å²) in [6, 6.07) is 10.7. The lowest BCUT2D eigenvalue weighted by Gasteiger charge is -2.25. The van der Waals surface area contributed by atoms with E-state index in [2.05, 4.69) is 17.2 Å². The number of fused-ring (bicyclic) bond motifs is 2. The SMILES string of the molecule is C=CCOc1ccc([C@@H]2[C@H](C)N[C@]3(C(=O)Nc4ccccc43)[C@@H]2[N+](=O)[O-])cc1Cl. The van der Waals surface area contributed by atoms with E-state index in [0.29, 0.717) is 34.2 Å². The molecule has 29 heavy (non-hydrogen) atoms. The number of hydrogen-bond acceptors (Lipinski definition) is 5. The summed E-state index contributed by atoms with van der Waals surface area (Å²) < 4.78 is 5.50. The van der Waals surface area contributed by atoms with Crippen LogP contribution in [0.4, 0.5) is 5.69 Å². The molecule has 0 aromatic heterocycles. The minimum atomic E-state index is -1.44. The number of benzene rings is 2. The van der Waals surface area contributed by atoms with Gasteiger partial charge in [-0.3, -0.25) is 20.2 Å². The zero-order valence-corrected chi connectivity index (χ0v) is 16.5. The highest BCUT2D eigenvalue weighted by atomic mass is 35.5. The first-order valence-corrected chi connectivity index (χ1v) is 9.63. The molecule has 1 saturated heterocycles. The zero-order chi connectivity index (χ0) is 20.8. The molecule has 0 saturated carbocycles. The number of hydrogen-bond donors (Lipinski definition) is 2.